The molecule has 1 N–H and O–H groups in total. The molecule has 1 aliphatic rings. The number of rotatable bonds is 5. The number of carbonyl (C=O) groups excluding carboxylic acids is 3. The Bertz CT molecular complexity index is 1170. The molecule has 33 heavy (non-hydrogen) atoms. The van der Waals surface area contributed by atoms with Crippen LogP contribution < -0.4 is 5.32 Å². The second-order valence-electron chi connectivity index (χ2n) is 7.98. The van der Waals surface area contributed by atoms with Crippen molar-refractivity contribution in [2.45, 2.75) is 13.5 Å². The maximum absolute atomic E-state index is 13.1. The predicted molar refractivity (Wildman–Crippen MR) is 127 cm³/mol. The van der Waals surface area contributed by atoms with Crippen molar-refractivity contribution in [2.24, 2.45) is 0 Å². The van der Waals surface area contributed by atoms with Gasteiger partial charge in [-0.05, 0) is 48.9 Å². The molecule has 1 aliphatic heterocycles. The fourth-order valence-corrected chi connectivity index (χ4v) is 3.99. The van der Waals surface area contributed by atoms with Gasteiger partial charge < -0.3 is 19.7 Å². The maximum Gasteiger partial charge on any atom is 0.270 e. The molecule has 0 aliphatic carbocycles. The van der Waals surface area contributed by atoms with Gasteiger partial charge >= 0.3 is 0 Å². The summed E-state index contributed by atoms with van der Waals surface area (Å²) in [6.07, 6.45) is 1.71. The number of hydrogen-bond acceptors (Lipinski definition) is 3. The maximum atomic E-state index is 13.1. The van der Waals surface area contributed by atoms with Crippen LogP contribution in [0, 0.1) is 6.92 Å². The number of amides is 3. The molecule has 8 heteroatoms. The minimum atomic E-state index is -0.251. The van der Waals surface area contributed by atoms with Crippen LogP contribution in [0.25, 0.3) is 0 Å². The van der Waals surface area contributed by atoms with Crippen molar-refractivity contribution < 1.29 is 14.4 Å². The van der Waals surface area contributed by atoms with Crippen LogP contribution in [0.1, 0.15) is 26.4 Å². The van der Waals surface area contributed by atoms with E-state index in [1.807, 2.05) is 31.2 Å². The number of aryl methyl sites for hydroxylation is 1. The number of benzene rings is 2. The largest absolute Gasteiger partial charge is 0.335 e. The highest BCUT2D eigenvalue weighted by Gasteiger charge is 2.27. The molecular weight excluding hydrogens is 440 g/mol. The Morgan fingerprint density at radius 3 is 2.21 bits per heavy atom. The smallest absolute Gasteiger partial charge is 0.270 e. The molecule has 1 saturated heterocycles. The van der Waals surface area contributed by atoms with E-state index >= 15 is 0 Å². The average Bonchev–Trinajstić information content (AvgIpc) is 3.29. The fraction of sp³-hybridized carbons (Fsp3) is 0.240. The Morgan fingerprint density at radius 1 is 0.879 bits per heavy atom. The topological polar surface area (TPSA) is 74.7 Å². The van der Waals surface area contributed by atoms with Crippen LogP contribution in [0.2, 0.25) is 5.02 Å². The van der Waals surface area contributed by atoms with Gasteiger partial charge in [-0.2, -0.15) is 0 Å². The Hall–Kier alpha value is -3.58. The van der Waals surface area contributed by atoms with E-state index in [9.17, 15) is 14.4 Å². The van der Waals surface area contributed by atoms with E-state index in [0.717, 1.165) is 5.56 Å². The normalized spacial score (nSPS) is 13.6. The first-order valence-electron chi connectivity index (χ1n) is 10.8. The lowest BCUT2D eigenvalue weighted by molar-refractivity contribution is -0.116. The Labute approximate surface area is 197 Å². The number of anilines is 1. The minimum absolute atomic E-state index is 0.00598. The van der Waals surface area contributed by atoms with Crippen LogP contribution in [0.3, 0.4) is 0 Å². The molecule has 1 aromatic heterocycles. The van der Waals surface area contributed by atoms with Crippen molar-refractivity contribution >= 4 is 35.0 Å². The summed E-state index contributed by atoms with van der Waals surface area (Å²) in [5, 5.41) is 3.39. The Balaban J connectivity index is 1.35. The van der Waals surface area contributed by atoms with Crippen LogP contribution in [0.15, 0.2) is 66.9 Å². The van der Waals surface area contributed by atoms with Crippen molar-refractivity contribution in [3.05, 3.63) is 88.7 Å². The zero-order valence-electron chi connectivity index (χ0n) is 18.3. The van der Waals surface area contributed by atoms with Crippen molar-refractivity contribution in [3.63, 3.8) is 0 Å². The molecule has 4 rings (SSSR count). The molecule has 0 atom stereocenters. The van der Waals surface area contributed by atoms with Gasteiger partial charge in [-0.25, -0.2) is 0 Å². The standard InChI is InChI=1S/C25H25ClN4O3/c1-18-9-10-20(16-21(18)26)27-23(31)17-30-11-5-8-22(30)25(33)29-14-12-28(13-15-29)24(32)19-6-3-2-4-7-19/h2-11,16H,12-15,17H2,1H3,(H,27,31). The van der Waals surface area contributed by atoms with Gasteiger partial charge in [0, 0.05) is 48.6 Å². The van der Waals surface area contributed by atoms with Crippen molar-refractivity contribution in [2.75, 3.05) is 31.5 Å². The number of aromatic nitrogens is 1. The summed E-state index contributed by atoms with van der Waals surface area (Å²) in [6, 6.07) is 17.9. The number of piperazine rings is 1. The van der Waals surface area contributed by atoms with Gasteiger partial charge in [0.1, 0.15) is 12.2 Å². The third kappa shape index (κ3) is 5.26. The zero-order valence-corrected chi connectivity index (χ0v) is 19.1. The molecule has 0 bridgehead atoms. The first-order chi connectivity index (χ1) is 15.9. The summed E-state index contributed by atoms with van der Waals surface area (Å²) in [5.74, 6) is -0.435. The van der Waals surface area contributed by atoms with E-state index in [0.29, 0.717) is 48.1 Å². The van der Waals surface area contributed by atoms with Gasteiger partial charge in [-0.15, -0.1) is 0 Å². The summed E-state index contributed by atoms with van der Waals surface area (Å²) < 4.78 is 1.63. The van der Waals surface area contributed by atoms with Crippen LogP contribution in [0.5, 0.6) is 0 Å². The minimum Gasteiger partial charge on any atom is -0.335 e. The van der Waals surface area contributed by atoms with Gasteiger partial charge in [-0.3, -0.25) is 14.4 Å². The van der Waals surface area contributed by atoms with Crippen LogP contribution in [-0.2, 0) is 11.3 Å². The van der Waals surface area contributed by atoms with E-state index in [4.69, 9.17) is 11.6 Å². The monoisotopic (exact) mass is 464 g/mol. The lowest BCUT2D eigenvalue weighted by Gasteiger charge is -2.35. The summed E-state index contributed by atoms with van der Waals surface area (Å²) in [6.45, 7) is 3.71. The summed E-state index contributed by atoms with van der Waals surface area (Å²) >= 11 is 6.13. The molecule has 0 unspecified atom stereocenters. The third-order valence-electron chi connectivity index (χ3n) is 5.69. The van der Waals surface area contributed by atoms with E-state index < -0.39 is 0 Å². The van der Waals surface area contributed by atoms with Gasteiger partial charge in [0.2, 0.25) is 5.91 Å². The van der Waals surface area contributed by atoms with E-state index in [1.54, 1.807) is 57.0 Å². The van der Waals surface area contributed by atoms with E-state index in [1.165, 1.54) is 0 Å². The molecule has 170 valence electrons. The van der Waals surface area contributed by atoms with Crippen molar-refractivity contribution in [1.82, 2.24) is 14.4 Å². The molecule has 0 spiro atoms. The molecule has 2 aromatic carbocycles. The Morgan fingerprint density at radius 2 is 1.55 bits per heavy atom. The van der Waals surface area contributed by atoms with E-state index in [-0.39, 0.29) is 24.3 Å². The highest BCUT2D eigenvalue weighted by molar-refractivity contribution is 6.31. The fourth-order valence-electron chi connectivity index (χ4n) is 3.81. The summed E-state index contributed by atoms with van der Waals surface area (Å²) in [7, 11) is 0. The van der Waals surface area contributed by atoms with Crippen LogP contribution in [0.4, 0.5) is 5.69 Å². The molecule has 0 radical (unpaired) electrons. The highest BCUT2D eigenvalue weighted by Crippen LogP contribution is 2.20. The lowest BCUT2D eigenvalue weighted by Crippen LogP contribution is -2.51. The van der Waals surface area contributed by atoms with Gasteiger partial charge in [-0.1, -0.05) is 35.9 Å². The first kappa shape index (κ1) is 22.6. The van der Waals surface area contributed by atoms with E-state index in [2.05, 4.69) is 5.32 Å². The summed E-state index contributed by atoms with van der Waals surface area (Å²) in [4.78, 5) is 41.8. The number of nitrogens with zero attached hydrogens (tertiary/aromatic N) is 3. The predicted octanol–water partition coefficient (Wildman–Crippen LogP) is 3.69. The molecule has 7 nitrogen and oxygen atoms in total. The molecule has 2 heterocycles. The molecule has 3 aromatic rings. The Kier molecular flexibility index (Phi) is 6.79. The summed E-state index contributed by atoms with van der Waals surface area (Å²) in [5.41, 5.74) is 2.62. The molecular formula is C25H25ClN4O3. The quantitative estimate of drug-likeness (QED) is 0.625. The highest BCUT2D eigenvalue weighted by atomic mass is 35.5. The number of halogens is 1. The first-order valence-corrected chi connectivity index (χ1v) is 11.1. The second kappa shape index (κ2) is 9.92. The average molecular weight is 465 g/mol. The number of nitrogens with one attached hydrogen (secondary N) is 1. The molecule has 0 saturated carbocycles. The van der Waals surface area contributed by atoms with Crippen molar-refractivity contribution in [3.8, 4) is 0 Å². The SMILES string of the molecule is Cc1ccc(NC(=O)Cn2cccc2C(=O)N2CCN(C(=O)c3ccccc3)CC2)cc1Cl. The molecule has 1 fully saturated rings. The lowest BCUT2D eigenvalue weighted by atomic mass is 10.2. The number of hydrogen-bond donors (Lipinski definition) is 1. The third-order valence-corrected chi connectivity index (χ3v) is 6.10. The van der Waals surface area contributed by atoms with Crippen molar-refractivity contribution in [1.29, 1.82) is 0 Å². The van der Waals surface area contributed by atoms with Gasteiger partial charge in [0.05, 0.1) is 0 Å². The zero-order chi connectivity index (χ0) is 23.4. The second-order valence-corrected chi connectivity index (χ2v) is 8.39. The van der Waals surface area contributed by atoms with Gasteiger partial charge in [0.25, 0.3) is 11.8 Å². The van der Waals surface area contributed by atoms with Crippen LogP contribution >= 0.6 is 11.6 Å². The van der Waals surface area contributed by atoms with Gasteiger partial charge in [0.15, 0.2) is 0 Å². The van der Waals surface area contributed by atoms with Crippen LogP contribution in [-0.4, -0.2) is 58.3 Å². The number of carbonyl (C=O) groups is 3. The molecule has 3 amide bonds.